The van der Waals surface area contributed by atoms with Gasteiger partial charge in [0.2, 0.25) is 0 Å². The van der Waals surface area contributed by atoms with Crippen molar-refractivity contribution < 1.29 is 14.5 Å². The van der Waals surface area contributed by atoms with Crippen LogP contribution in [0.2, 0.25) is 5.02 Å². The van der Waals surface area contributed by atoms with Gasteiger partial charge >= 0.3 is 0 Å². The molecule has 0 spiro atoms. The van der Waals surface area contributed by atoms with Gasteiger partial charge < -0.3 is 9.30 Å². The highest BCUT2D eigenvalue weighted by Gasteiger charge is 2.13. The minimum absolute atomic E-state index is 0.00312. The monoisotopic (exact) mass is 451 g/mol. The number of rotatable bonds is 8. The zero-order chi connectivity index (χ0) is 20.8. The number of benzene rings is 2. The molecule has 3 aromatic rings. The van der Waals surface area contributed by atoms with E-state index in [0.29, 0.717) is 35.1 Å². The van der Waals surface area contributed by atoms with Crippen LogP contribution in [0.4, 0.5) is 5.69 Å². The van der Waals surface area contributed by atoms with Gasteiger partial charge in [0.25, 0.3) is 11.6 Å². The molecule has 0 radical (unpaired) electrons. The van der Waals surface area contributed by atoms with E-state index in [4.69, 9.17) is 16.3 Å². The number of fused-ring (bicyclic) bond motifs is 1. The second kappa shape index (κ2) is 10.0. The smallest absolute Gasteiger partial charge is 0.271 e. The number of thiazole rings is 1. The molecule has 0 atom stereocenters. The molecule has 0 aliphatic heterocycles. The summed E-state index contributed by atoms with van der Waals surface area (Å²) < 4.78 is 8.04. The first-order valence-electron chi connectivity index (χ1n) is 8.79. The van der Waals surface area contributed by atoms with Gasteiger partial charge in [-0.05, 0) is 37.3 Å². The molecule has 0 bridgehead atoms. The first-order valence-corrected chi connectivity index (χ1v) is 11.0. The average molecular weight is 452 g/mol. The Labute approximate surface area is 180 Å². The van der Waals surface area contributed by atoms with Crippen LogP contribution < -0.4 is 4.80 Å². The van der Waals surface area contributed by atoms with Crippen LogP contribution in [0.5, 0.6) is 0 Å². The molecule has 7 nitrogen and oxygen atoms in total. The van der Waals surface area contributed by atoms with E-state index in [-0.39, 0.29) is 17.3 Å². The number of aromatic nitrogens is 1. The Morgan fingerprint density at radius 3 is 2.76 bits per heavy atom. The fourth-order valence-corrected chi connectivity index (χ4v) is 4.45. The number of ether oxygens (including phenoxy) is 1. The van der Waals surface area contributed by atoms with Gasteiger partial charge in [-0.25, -0.2) is 0 Å². The Hall–Kier alpha value is -2.20. The lowest BCUT2D eigenvalue weighted by atomic mass is 10.3. The highest BCUT2D eigenvalue weighted by Crippen LogP contribution is 2.23. The first-order chi connectivity index (χ1) is 14.0. The summed E-state index contributed by atoms with van der Waals surface area (Å²) >= 11 is 8.57. The van der Waals surface area contributed by atoms with Gasteiger partial charge in [-0.2, -0.15) is 4.99 Å². The summed E-state index contributed by atoms with van der Waals surface area (Å²) in [6.45, 7) is 3.33. The number of non-ortho nitro benzene ring substituents is 1. The minimum atomic E-state index is -0.436. The lowest BCUT2D eigenvalue weighted by Gasteiger charge is -2.05. The van der Waals surface area contributed by atoms with Crippen LogP contribution in [-0.2, 0) is 16.1 Å². The van der Waals surface area contributed by atoms with E-state index in [1.165, 1.54) is 35.2 Å². The number of amides is 1. The topological polar surface area (TPSA) is 86.7 Å². The molecule has 10 heteroatoms. The van der Waals surface area contributed by atoms with E-state index in [9.17, 15) is 14.9 Å². The summed E-state index contributed by atoms with van der Waals surface area (Å²) in [5.74, 6) is -0.0993. The minimum Gasteiger partial charge on any atom is -0.380 e. The number of nitrogens with zero attached hydrogens (tertiary/aromatic N) is 3. The van der Waals surface area contributed by atoms with Crippen molar-refractivity contribution in [2.45, 2.75) is 18.4 Å². The molecule has 152 valence electrons. The van der Waals surface area contributed by atoms with Crippen molar-refractivity contribution in [1.82, 2.24) is 4.57 Å². The SMILES string of the molecule is CCOCCn1c(=NC(=O)CSc2ccc(Cl)cc2)sc2ccc([N+](=O)[O-])cc21. The molecule has 1 aromatic heterocycles. The van der Waals surface area contributed by atoms with Crippen molar-refractivity contribution in [3.8, 4) is 0 Å². The molecule has 0 N–H and O–H groups in total. The van der Waals surface area contributed by atoms with Crippen LogP contribution in [0.25, 0.3) is 10.2 Å². The standard InChI is InChI=1S/C19H18ClN3O4S2/c1-2-27-10-9-22-16-11-14(23(25)26)5-8-17(16)29-19(22)21-18(24)12-28-15-6-3-13(20)4-7-15/h3-8,11H,2,9-10,12H2,1H3. The molecule has 0 aliphatic rings. The van der Waals surface area contributed by atoms with Crippen LogP contribution in [0.1, 0.15) is 6.92 Å². The fourth-order valence-electron chi connectivity index (χ4n) is 2.59. The zero-order valence-corrected chi connectivity index (χ0v) is 17.9. The van der Waals surface area contributed by atoms with Crippen molar-refractivity contribution in [2.75, 3.05) is 19.0 Å². The van der Waals surface area contributed by atoms with E-state index in [0.717, 1.165) is 9.60 Å². The zero-order valence-electron chi connectivity index (χ0n) is 15.5. The molecular weight excluding hydrogens is 434 g/mol. The van der Waals surface area contributed by atoms with E-state index in [1.54, 1.807) is 22.8 Å². The normalized spacial score (nSPS) is 11.9. The second-order valence-corrected chi connectivity index (χ2v) is 8.38. The maximum atomic E-state index is 12.4. The predicted octanol–water partition coefficient (Wildman–Crippen LogP) is 4.52. The fraction of sp³-hybridized carbons (Fsp3) is 0.263. The van der Waals surface area contributed by atoms with E-state index in [1.807, 2.05) is 19.1 Å². The van der Waals surface area contributed by atoms with Crippen LogP contribution in [0.15, 0.2) is 52.4 Å². The first kappa shape index (κ1) is 21.5. The second-order valence-electron chi connectivity index (χ2n) is 5.89. The molecule has 0 saturated carbocycles. The molecule has 0 fully saturated rings. The Balaban J connectivity index is 1.88. The van der Waals surface area contributed by atoms with Crippen LogP contribution >= 0.6 is 34.7 Å². The number of halogens is 1. The maximum absolute atomic E-state index is 12.4. The number of carbonyl (C=O) groups excluding carboxylic acids is 1. The largest absolute Gasteiger partial charge is 0.380 e. The molecule has 0 saturated heterocycles. The molecule has 0 unspecified atom stereocenters. The number of thioether (sulfide) groups is 1. The van der Waals surface area contributed by atoms with E-state index >= 15 is 0 Å². The lowest BCUT2D eigenvalue weighted by Crippen LogP contribution is -2.20. The van der Waals surface area contributed by atoms with Crippen molar-refractivity contribution in [1.29, 1.82) is 0 Å². The van der Waals surface area contributed by atoms with Crippen LogP contribution in [0, 0.1) is 10.1 Å². The van der Waals surface area contributed by atoms with Gasteiger partial charge in [-0.3, -0.25) is 14.9 Å². The van der Waals surface area contributed by atoms with E-state index in [2.05, 4.69) is 4.99 Å². The number of nitro benzene ring substituents is 1. The van der Waals surface area contributed by atoms with Crippen molar-refractivity contribution in [3.05, 3.63) is 62.4 Å². The molecule has 29 heavy (non-hydrogen) atoms. The Kier molecular flexibility index (Phi) is 7.43. The molecule has 3 rings (SSSR count). The highest BCUT2D eigenvalue weighted by atomic mass is 35.5. The quantitative estimate of drug-likeness (QED) is 0.217. The van der Waals surface area contributed by atoms with E-state index < -0.39 is 4.92 Å². The van der Waals surface area contributed by atoms with Crippen molar-refractivity contribution >= 4 is 56.5 Å². The van der Waals surface area contributed by atoms with Gasteiger partial charge in [0.15, 0.2) is 4.80 Å². The highest BCUT2D eigenvalue weighted by molar-refractivity contribution is 8.00. The van der Waals surface area contributed by atoms with Crippen LogP contribution in [0.3, 0.4) is 0 Å². The lowest BCUT2D eigenvalue weighted by molar-refractivity contribution is -0.384. The summed E-state index contributed by atoms with van der Waals surface area (Å²) in [6.07, 6.45) is 0. The summed E-state index contributed by atoms with van der Waals surface area (Å²) in [6, 6.07) is 11.9. The summed E-state index contributed by atoms with van der Waals surface area (Å²) in [4.78, 5) is 28.8. The Morgan fingerprint density at radius 2 is 2.07 bits per heavy atom. The molecule has 1 heterocycles. The maximum Gasteiger partial charge on any atom is 0.271 e. The van der Waals surface area contributed by atoms with Crippen LogP contribution in [-0.4, -0.2) is 34.4 Å². The van der Waals surface area contributed by atoms with Crippen molar-refractivity contribution in [2.24, 2.45) is 4.99 Å². The molecule has 2 aromatic carbocycles. The third kappa shape index (κ3) is 5.66. The predicted molar refractivity (Wildman–Crippen MR) is 116 cm³/mol. The van der Waals surface area contributed by atoms with Gasteiger partial charge in [-0.1, -0.05) is 22.9 Å². The summed E-state index contributed by atoms with van der Waals surface area (Å²) in [5, 5.41) is 11.8. The Bertz CT molecular complexity index is 1090. The molecule has 1 amide bonds. The Morgan fingerprint density at radius 1 is 1.31 bits per heavy atom. The molecule has 0 aliphatic carbocycles. The third-order valence-corrected chi connectivity index (χ3v) is 6.24. The summed E-state index contributed by atoms with van der Waals surface area (Å²) in [5.41, 5.74) is 0.664. The van der Waals surface area contributed by atoms with Gasteiger partial charge in [0, 0.05) is 35.2 Å². The van der Waals surface area contributed by atoms with Gasteiger partial charge in [-0.15, -0.1) is 11.8 Å². The molecular formula is C19H18ClN3O4S2. The third-order valence-electron chi connectivity index (χ3n) is 3.94. The number of hydrogen-bond donors (Lipinski definition) is 0. The number of carbonyl (C=O) groups is 1. The van der Waals surface area contributed by atoms with Gasteiger partial charge in [0.1, 0.15) is 0 Å². The van der Waals surface area contributed by atoms with Crippen molar-refractivity contribution in [3.63, 3.8) is 0 Å². The number of nitro groups is 1. The number of hydrogen-bond acceptors (Lipinski definition) is 6. The van der Waals surface area contributed by atoms with Gasteiger partial charge in [0.05, 0.1) is 27.5 Å². The average Bonchev–Trinajstić information content (AvgIpc) is 3.04. The summed E-state index contributed by atoms with van der Waals surface area (Å²) in [7, 11) is 0.